The van der Waals surface area contributed by atoms with Crippen molar-refractivity contribution in [3.8, 4) is 0 Å². The van der Waals surface area contributed by atoms with E-state index in [1.807, 2.05) is 0 Å². The van der Waals surface area contributed by atoms with Crippen molar-refractivity contribution in [3.63, 3.8) is 0 Å². The van der Waals surface area contributed by atoms with Gasteiger partial charge in [0.15, 0.2) is 0 Å². The Morgan fingerprint density at radius 2 is 1.80 bits per heavy atom. The van der Waals surface area contributed by atoms with Crippen LogP contribution in [0.3, 0.4) is 0 Å². The van der Waals surface area contributed by atoms with Crippen LogP contribution in [0.1, 0.15) is 23.2 Å². The molecular weight excluding hydrogens is 390 g/mol. The molecule has 3 rings (SSSR count). The molecule has 10 nitrogen and oxygen atoms in total. The third kappa shape index (κ3) is 5.37. The fourth-order valence-corrected chi connectivity index (χ4v) is 3.18. The Bertz CT molecular complexity index is 924. The number of hydrogen-bond acceptors (Lipinski definition) is 6. The van der Waals surface area contributed by atoms with E-state index in [9.17, 15) is 24.5 Å². The molecule has 1 saturated heterocycles. The van der Waals surface area contributed by atoms with Gasteiger partial charge in [-0.2, -0.15) is 0 Å². The molecule has 0 unspecified atom stereocenters. The molecule has 0 aliphatic carbocycles. The number of rotatable bonds is 5. The highest BCUT2D eigenvalue weighted by Crippen LogP contribution is 2.18. The summed E-state index contributed by atoms with van der Waals surface area (Å²) in [7, 11) is 0. The number of non-ortho nitro benzene ring substituents is 1. The van der Waals surface area contributed by atoms with Crippen LogP contribution in [0, 0.1) is 16.0 Å². The first-order valence-electron chi connectivity index (χ1n) is 9.47. The largest absolute Gasteiger partial charge is 0.348 e. The molecule has 2 N–H and O–H groups in total. The maximum absolute atomic E-state index is 12.4. The quantitative estimate of drug-likeness (QED) is 0.436. The zero-order valence-electron chi connectivity index (χ0n) is 16.1. The second-order valence-electron chi connectivity index (χ2n) is 6.95. The number of nitro benzene ring substituents is 1. The number of carbonyl (C=O) groups excluding carboxylic acids is 3. The summed E-state index contributed by atoms with van der Waals surface area (Å²) in [5.41, 5.74) is 0.737. The van der Waals surface area contributed by atoms with Gasteiger partial charge in [-0.05, 0) is 43.0 Å². The summed E-state index contributed by atoms with van der Waals surface area (Å²) in [5.74, 6) is -1.51. The van der Waals surface area contributed by atoms with Crippen LogP contribution in [-0.2, 0) is 9.59 Å². The Morgan fingerprint density at radius 3 is 2.40 bits per heavy atom. The molecule has 2 heterocycles. The van der Waals surface area contributed by atoms with E-state index in [2.05, 4.69) is 15.6 Å². The number of benzene rings is 1. The van der Waals surface area contributed by atoms with Crippen LogP contribution >= 0.6 is 0 Å². The van der Waals surface area contributed by atoms with E-state index < -0.39 is 16.7 Å². The van der Waals surface area contributed by atoms with Gasteiger partial charge in [-0.3, -0.25) is 29.5 Å². The lowest BCUT2D eigenvalue weighted by atomic mass is 9.96. The molecule has 10 heteroatoms. The maximum atomic E-state index is 12.4. The highest BCUT2D eigenvalue weighted by molar-refractivity contribution is 6.39. The summed E-state index contributed by atoms with van der Waals surface area (Å²) >= 11 is 0. The Morgan fingerprint density at radius 1 is 1.10 bits per heavy atom. The Balaban J connectivity index is 1.41. The normalized spacial score (nSPS) is 14.1. The van der Waals surface area contributed by atoms with Gasteiger partial charge in [0.1, 0.15) is 0 Å². The van der Waals surface area contributed by atoms with Gasteiger partial charge < -0.3 is 15.5 Å². The minimum atomic E-state index is -0.840. The van der Waals surface area contributed by atoms with Crippen LogP contribution in [0.15, 0.2) is 48.8 Å². The number of amides is 3. The summed E-state index contributed by atoms with van der Waals surface area (Å²) in [4.78, 5) is 52.2. The molecule has 156 valence electrons. The van der Waals surface area contributed by atoms with Crippen LogP contribution in [-0.4, -0.2) is 52.2 Å². The predicted octanol–water partition coefficient (Wildman–Crippen LogP) is 1.60. The summed E-state index contributed by atoms with van der Waals surface area (Å²) in [5, 5.41) is 15.6. The fourth-order valence-electron chi connectivity index (χ4n) is 3.18. The van der Waals surface area contributed by atoms with Gasteiger partial charge in [0.25, 0.3) is 11.6 Å². The van der Waals surface area contributed by atoms with Crippen LogP contribution < -0.4 is 10.6 Å². The van der Waals surface area contributed by atoms with Crippen molar-refractivity contribution >= 4 is 29.1 Å². The molecule has 1 aliphatic rings. The number of pyridine rings is 1. The molecule has 1 aromatic heterocycles. The minimum Gasteiger partial charge on any atom is -0.348 e. The fraction of sp³-hybridized carbons (Fsp3) is 0.300. The monoisotopic (exact) mass is 411 g/mol. The topological polar surface area (TPSA) is 135 Å². The molecule has 1 aromatic carbocycles. The first-order valence-corrected chi connectivity index (χ1v) is 9.47. The summed E-state index contributed by atoms with van der Waals surface area (Å²) < 4.78 is 0. The zero-order chi connectivity index (χ0) is 21.5. The van der Waals surface area contributed by atoms with E-state index in [-0.39, 0.29) is 17.5 Å². The molecule has 2 aromatic rings. The van der Waals surface area contributed by atoms with Crippen molar-refractivity contribution in [1.29, 1.82) is 0 Å². The molecule has 0 saturated carbocycles. The average molecular weight is 411 g/mol. The molecule has 0 spiro atoms. The number of carbonyl (C=O) groups is 3. The Kier molecular flexibility index (Phi) is 6.68. The Hall–Kier alpha value is -3.82. The van der Waals surface area contributed by atoms with E-state index in [0.29, 0.717) is 30.9 Å². The number of hydrogen-bond donors (Lipinski definition) is 2. The molecule has 0 radical (unpaired) electrons. The van der Waals surface area contributed by atoms with Crippen molar-refractivity contribution < 1.29 is 19.3 Å². The van der Waals surface area contributed by atoms with Crippen LogP contribution in [0.2, 0.25) is 0 Å². The second kappa shape index (κ2) is 9.59. The van der Waals surface area contributed by atoms with Gasteiger partial charge >= 0.3 is 11.8 Å². The van der Waals surface area contributed by atoms with Crippen molar-refractivity contribution in [2.75, 3.05) is 25.0 Å². The van der Waals surface area contributed by atoms with Gasteiger partial charge in [-0.15, -0.1) is 0 Å². The standard InChI is InChI=1S/C20H21N5O5/c26-18(19(27)23-16-3-5-17(6-4-16)25(29)30)22-12-14-7-10-24(11-8-14)20(28)15-2-1-9-21-13-15/h1-6,9,13-14H,7-8,10-12H2,(H,22,26)(H,23,27). The lowest BCUT2D eigenvalue weighted by Gasteiger charge is -2.32. The second-order valence-corrected chi connectivity index (χ2v) is 6.95. The van der Waals surface area contributed by atoms with Gasteiger partial charge in [0, 0.05) is 49.8 Å². The van der Waals surface area contributed by atoms with Crippen LogP contribution in [0.4, 0.5) is 11.4 Å². The predicted molar refractivity (Wildman–Crippen MR) is 108 cm³/mol. The number of anilines is 1. The highest BCUT2D eigenvalue weighted by atomic mass is 16.6. The van der Waals surface area contributed by atoms with E-state index in [4.69, 9.17) is 0 Å². The Labute approximate surface area is 172 Å². The third-order valence-electron chi connectivity index (χ3n) is 4.90. The maximum Gasteiger partial charge on any atom is 0.313 e. The zero-order valence-corrected chi connectivity index (χ0v) is 16.1. The number of nitro groups is 1. The minimum absolute atomic E-state index is 0.0620. The van der Waals surface area contributed by atoms with E-state index >= 15 is 0 Å². The first kappa shape index (κ1) is 20.9. The number of likely N-dealkylation sites (tertiary alicyclic amines) is 1. The van der Waals surface area contributed by atoms with Crippen molar-refractivity contribution in [2.45, 2.75) is 12.8 Å². The van der Waals surface area contributed by atoms with Gasteiger partial charge in [0.05, 0.1) is 10.5 Å². The molecule has 0 atom stereocenters. The highest BCUT2D eigenvalue weighted by Gasteiger charge is 2.25. The lowest BCUT2D eigenvalue weighted by Crippen LogP contribution is -2.43. The smallest absolute Gasteiger partial charge is 0.313 e. The number of piperidine rings is 1. The molecule has 1 aliphatic heterocycles. The SMILES string of the molecule is O=C(NCC1CCN(C(=O)c2cccnc2)CC1)C(=O)Nc1ccc([N+](=O)[O-])cc1. The molecular formula is C20H21N5O5. The van der Waals surface area contributed by atoms with E-state index in [1.54, 1.807) is 23.2 Å². The summed E-state index contributed by atoms with van der Waals surface area (Å²) in [6.07, 6.45) is 4.59. The van der Waals surface area contributed by atoms with E-state index in [0.717, 1.165) is 12.8 Å². The molecule has 1 fully saturated rings. The molecule has 30 heavy (non-hydrogen) atoms. The van der Waals surface area contributed by atoms with Crippen LogP contribution in [0.5, 0.6) is 0 Å². The van der Waals surface area contributed by atoms with Gasteiger partial charge in [0.2, 0.25) is 0 Å². The molecule has 3 amide bonds. The van der Waals surface area contributed by atoms with Gasteiger partial charge in [-0.25, -0.2) is 0 Å². The number of aromatic nitrogens is 1. The number of nitrogens with zero attached hydrogens (tertiary/aromatic N) is 3. The van der Waals surface area contributed by atoms with Crippen LogP contribution in [0.25, 0.3) is 0 Å². The summed E-state index contributed by atoms with van der Waals surface area (Å²) in [6.45, 7) is 1.48. The third-order valence-corrected chi connectivity index (χ3v) is 4.90. The van der Waals surface area contributed by atoms with Crippen molar-refractivity contribution in [3.05, 3.63) is 64.5 Å². The first-order chi connectivity index (χ1) is 14.4. The average Bonchev–Trinajstić information content (AvgIpc) is 2.78. The lowest BCUT2D eigenvalue weighted by molar-refractivity contribution is -0.384. The van der Waals surface area contributed by atoms with Crippen molar-refractivity contribution in [1.82, 2.24) is 15.2 Å². The number of nitrogens with one attached hydrogen (secondary N) is 2. The summed E-state index contributed by atoms with van der Waals surface area (Å²) in [6, 6.07) is 8.65. The van der Waals surface area contributed by atoms with Gasteiger partial charge in [-0.1, -0.05) is 0 Å². The molecule has 0 bridgehead atoms. The van der Waals surface area contributed by atoms with Crippen molar-refractivity contribution in [2.24, 2.45) is 5.92 Å². The van der Waals surface area contributed by atoms with E-state index in [1.165, 1.54) is 30.5 Å².